The van der Waals surface area contributed by atoms with Crippen molar-refractivity contribution >= 4 is 30.0 Å². The Morgan fingerprint density at radius 3 is 2.47 bits per heavy atom. The zero-order valence-electron chi connectivity index (χ0n) is 8.07. The molecule has 15 heavy (non-hydrogen) atoms. The lowest BCUT2D eigenvalue weighted by molar-refractivity contribution is -0.136. The monoisotopic (exact) mass is 249 g/mol. The van der Waals surface area contributed by atoms with Gasteiger partial charge in [0.15, 0.2) is 0 Å². The van der Waals surface area contributed by atoms with E-state index >= 15 is 0 Å². The van der Waals surface area contributed by atoms with Gasteiger partial charge < -0.3 is 10.4 Å². The lowest BCUT2D eigenvalue weighted by atomic mass is 10.2. The van der Waals surface area contributed by atoms with E-state index in [-0.39, 0.29) is 18.8 Å². The van der Waals surface area contributed by atoms with Crippen LogP contribution in [0.1, 0.15) is 12.0 Å². The summed E-state index contributed by atoms with van der Waals surface area (Å²) in [4.78, 5) is 10.2. The summed E-state index contributed by atoms with van der Waals surface area (Å²) < 4.78 is 0. The molecule has 0 aliphatic carbocycles. The molecule has 1 aromatic carbocycles. The summed E-state index contributed by atoms with van der Waals surface area (Å²) in [6, 6.07) is 7.46. The molecule has 0 bridgehead atoms. The number of aliphatic carboxylic acids is 1. The van der Waals surface area contributed by atoms with E-state index < -0.39 is 5.97 Å². The minimum absolute atomic E-state index is 0. The Labute approximate surface area is 99.9 Å². The Kier molecular flexibility index (Phi) is 7.13. The Bertz CT molecular complexity index is 301. The highest BCUT2D eigenvalue weighted by Crippen LogP contribution is 2.08. The second-order valence-corrected chi connectivity index (χ2v) is 3.38. The van der Waals surface area contributed by atoms with Crippen LogP contribution in [-0.4, -0.2) is 17.6 Å². The predicted octanol–water partition coefficient (Wildman–Crippen LogP) is 2.33. The topological polar surface area (TPSA) is 49.3 Å². The van der Waals surface area contributed by atoms with Crippen LogP contribution in [0.2, 0.25) is 5.02 Å². The third kappa shape index (κ3) is 6.33. The number of hydrogen-bond acceptors (Lipinski definition) is 2. The van der Waals surface area contributed by atoms with Crippen molar-refractivity contribution in [1.82, 2.24) is 5.32 Å². The van der Waals surface area contributed by atoms with Gasteiger partial charge in [-0.3, -0.25) is 4.79 Å². The third-order valence-corrected chi connectivity index (χ3v) is 2.01. The van der Waals surface area contributed by atoms with Gasteiger partial charge in [-0.25, -0.2) is 0 Å². The van der Waals surface area contributed by atoms with E-state index in [1.54, 1.807) is 0 Å². The fourth-order valence-corrected chi connectivity index (χ4v) is 1.16. The molecule has 5 heteroatoms. The van der Waals surface area contributed by atoms with Gasteiger partial charge in [0.2, 0.25) is 0 Å². The number of hydrogen-bond donors (Lipinski definition) is 2. The van der Waals surface area contributed by atoms with E-state index in [0.717, 1.165) is 5.56 Å². The maximum absolute atomic E-state index is 10.2. The van der Waals surface area contributed by atoms with E-state index in [2.05, 4.69) is 5.32 Å². The second-order valence-electron chi connectivity index (χ2n) is 2.95. The van der Waals surface area contributed by atoms with Crippen LogP contribution in [0.5, 0.6) is 0 Å². The summed E-state index contributed by atoms with van der Waals surface area (Å²) in [5.41, 5.74) is 1.10. The first-order chi connectivity index (χ1) is 6.68. The highest BCUT2D eigenvalue weighted by Gasteiger charge is 1.96. The zero-order chi connectivity index (χ0) is 10.4. The van der Waals surface area contributed by atoms with Crippen molar-refractivity contribution in [2.24, 2.45) is 0 Å². The van der Waals surface area contributed by atoms with Crippen LogP contribution in [0, 0.1) is 0 Å². The summed E-state index contributed by atoms with van der Waals surface area (Å²) in [5.74, 6) is -0.784. The van der Waals surface area contributed by atoms with Gasteiger partial charge in [-0.15, -0.1) is 12.4 Å². The molecular formula is C10H13Cl2NO2. The van der Waals surface area contributed by atoms with Crippen molar-refractivity contribution in [3.63, 3.8) is 0 Å². The van der Waals surface area contributed by atoms with Crippen LogP contribution < -0.4 is 5.32 Å². The first-order valence-corrected chi connectivity index (χ1v) is 4.73. The van der Waals surface area contributed by atoms with E-state index in [1.807, 2.05) is 24.3 Å². The average molecular weight is 250 g/mol. The SMILES string of the molecule is Cl.O=C(O)CCNCc1ccc(Cl)cc1. The molecule has 0 saturated heterocycles. The molecule has 0 heterocycles. The number of nitrogens with one attached hydrogen (secondary N) is 1. The second kappa shape index (κ2) is 7.51. The van der Waals surface area contributed by atoms with Crippen LogP contribution in [0.25, 0.3) is 0 Å². The highest BCUT2D eigenvalue weighted by atomic mass is 35.5. The normalized spacial score (nSPS) is 9.40. The van der Waals surface area contributed by atoms with Gasteiger partial charge in [0.05, 0.1) is 6.42 Å². The van der Waals surface area contributed by atoms with Crippen molar-refractivity contribution in [3.05, 3.63) is 34.9 Å². The number of carbonyl (C=O) groups is 1. The number of carboxylic acids is 1. The Balaban J connectivity index is 0.00000196. The molecule has 0 radical (unpaired) electrons. The molecule has 84 valence electrons. The van der Waals surface area contributed by atoms with Crippen molar-refractivity contribution in [1.29, 1.82) is 0 Å². The van der Waals surface area contributed by atoms with Gasteiger partial charge >= 0.3 is 5.97 Å². The molecule has 0 fully saturated rings. The minimum Gasteiger partial charge on any atom is -0.481 e. The van der Waals surface area contributed by atoms with E-state index in [0.29, 0.717) is 18.1 Å². The van der Waals surface area contributed by atoms with E-state index in [1.165, 1.54) is 0 Å². The average Bonchev–Trinajstić information content (AvgIpc) is 2.15. The van der Waals surface area contributed by atoms with Gasteiger partial charge in [-0.1, -0.05) is 23.7 Å². The molecular weight excluding hydrogens is 237 g/mol. The minimum atomic E-state index is -0.784. The highest BCUT2D eigenvalue weighted by molar-refractivity contribution is 6.30. The van der Waals surface area contributed by atoms with Crippen LogP contribution in [0.3, 0.4) is 0 Å². The quantitative estimate of drug-likeness (QED) is 0.788. The summed E-state index contributed by atoms with van der Waals surface area (Å²) in [7, 11) is 0. The maximum Gasteiger partial charge on any atom is 0.304 e. The van der Waals surface area contributed by atoms with Crippen molar-refractivity contribution in [3.8, 4) is 0 Å². The molecule has 0 aliphatic heterocycles. The molecule has 0 aliphatic rings. The van der Waals surface area contributed by atoms with Crippen molar-refractivity contribution in [2.45, 2.75) is 13.0 Å². The van der Waals surface area contributed by atoms with Crippen LogP contribution in [-0.2, 0) is 11.3 Å². The first-order valence-electron chi connectivity index (χ1n) is 4.35. The Hall–Kier alpha value is -0.770. The standard InChI is InChI=1S/C10H12ClNO2.ClH/c11-9-3-1-8(2-4-9)7-12-6-5-10(13)14;/h1-4,12H,5-7H2,(H,13,14);1H. The lowest BCUT2D eigenvalue weighted by Gasteiger charge is -2.02. The van der Waals surface area contributed by atoms with Gasteiger partial charge in [0.1, 0.15) is 0 Å². The molecule has 2 N–H and O–H groups in total. The molecule has 0 unspecified atom stereocenters. The molecule has 0 aromatic heterocycles. The molecule has 0 spiro atoms. The Morgan fingerprint density at radius 1 is 1.33 bits per heavy atom. The largest absolute Gasteiger partial charge is 0.481 e. The molecule has 1 rings (SSSR count). The van der Waals surface area contributed by atoms with Gasteiger partial charge in [-0.2, -0.15) is 0 Å². The number of halogens is 2. The summed E-state index contributed by atoms with van der Waals surface area (Å²) in [6.07, 6.45) is 0.146. The van der Waals surface area contributed by atoms with Crippen molar-refractivity contribution < 1.29 is 9.90 Å². The lowest BCUT2D eigenvalue weighted by Crippen LogP contribution is -2.17. The van der Waals surface area contributed by atoms with Crippen LogP contribution >= 0.6 is 24.0 Å². The van der Waals surface area contributed by atoms with Gasteiger partial charge in [-0.05, 0) is 17.7 Å². The molecule has 0 atom stereocenters. The molecule has 0 amide bonds. The number of carboxylic acid groups (broad SMARTS) is 1. The maximum atomic E-state index is 10.2. The van der Waals surface area contributed by atoms with Gasteiger partial charge in [0.25, 0.3) is 0 Å². The fourth-order valence-electron chi connectivity index (χ4n) is 1.03. The van der Waals surface area contributed by atoms with Crippen molar-refractivity contribution in [2.75, 3.05) is 6.54 Å². The molecule has 0 saturated carbocycles. The third-order valence-electron chi connectivity index (χ3n) is 1.76. The van der Waals surface area contributed by atoms with Crippen LogP contribution in [0.4, 0.5) is 0 Å². The molecule has 3 nitrogen and oxygen atoms in total. The fraction of sp³-hybridized carbons (Fsp3) is 0.300. The summed E-state index contributed by atoms with van der Waals surface area (Å²) in [5, 5.41) is 12.1. The smallest absolute Gasteiger partial charge is 0.304 e. The van der Waals surface area contributed by atoms with Gasteiger partial charge in [0, 0.05) is 18.1 Å². The predicted molar refractivity (Wildman–Crippen MR) is 62.7 cm³/mol. The molecule has 1 aromatic rings. The number of rotatable bonds is 5. The first kappa shape index (κ1) is 14.2. The number of benzene rings is 1. The summed E-state index contributed by atoms with van der Waals surface area (Å²) >= 11 is 5.72. The van der Waals surface area contributed by atoms with Crippen LogP contribution in [0.15, 0.2) is 24.3 Å². The van der Waals surface area contributed by atoms with E-state index in [9.17, 15) is 4.79 Å². The van der Waals surface area contributed by atoms with E-state index in [4.69, 9.17) is 16.7 Å². The summed E-state index contributed by atoms with van der Waals surface area (Å²) in [6.45, 7) is 1.16. The Morgan fingerprint density at radius 2 is 1.93 bits per heavy atom. The zero-order valence-corrected chi connectivity index (χ0v) is 9.64.